The first-order chi connectivity index (χ1) is 10.9. The van der Waals surface area contributed by atoms with Crippen LogP contribution in [0.2, 0.25) is 0 Å². The van der Waals surface area contributed by atoms with Crippen molar-refractivity contribution in [2.24, 2.45) is 12.0 Å². The molecule has 0 bridgehead atoms. The lowest BCUT2D eigenvalue weighted by Crippen LogP contribution is -2.38. The summed E-state index contributed by atoms with van der Waals surface area (Å²) in [6.07, 6.45) is 2.00. The quantitative estimate of drug-likeness (QED) is 0.631. The van der Waals surface area contributed by atoms with Crippen LogP contribution in [0.15, 0.2) is 39.9 Å². The van der Waals surface area contributed by atoms with Gasteiger partial charge in [-0.1, -0.05) is 6.07 Å². The first kappa shape index (κ1) is 17.3. The minimum atomic E-state index is -0.624. The van der Waals surface area contributed by atoms with Crippen molar-refractivity contribution >= 4 is 21.9 Å². The number of aromatic hydroxyl groups is 1. The van der Waals surface area contributed by atoms with Crippen LogP contribution in [-0.4, -0.2) is 34.6 Å². The van der Waals surface area contributed by atoms with Gasteiger partial charge in [0.15, 0.2) is 17.5 Å². The molecule has 1 aromatic carbocycles. The Morgan fingerprint density at radius 3 is 2.74 bits per heavy atom. The van der Waals surface area contributed by atoms with Gasteiger partial charge in [0.2, 0.25) is 0 Å². The minimum Gasteiger partial charge on any atom is -0.505 e. The number of guanidine groups is 1. The predicted molar refractivity (Wildman–Crippen MR) is 92.8 cm³/mol. The zero-order valence-electron chi connectivity index (χ0n) is 13.3. The number of aryl methyl sites for hydroxylation is 1. The number of benzene rings is 1. The third-order valence-corrected chi connectivity index (χ3v) is 3.94. The second kappa shape index (κ2) is 7.50. The van der Waals surface area contributed by atoms with Gasteiger partial charge in [0.25, 0.3) is 0 Å². The highest BCUT2D eigenvalue weighted by Gasteiger charge is 2.10. The molecule has 124 valence electrons. The Kier molecular flexibility index (Phi) is 5.65. The largest absolute Gasteiger partial charge is 0.505 e. The first-order valence-corrected chi connectivity index (χ1v) is 7.90. The Labute approximate surface area is 143 Å². The molecule has 0 saturated heterocycles. The van der Waals surface area contributed by atoms with Gasteiger partial charge in [-0.05, 0) is 39.7 Å². The van der Waals surface area contributed by atoms with Gasteiger partial charge in [-0.3, -0.25) is 4.99 Å². The maximum atomic E-state index is 13.4. The lowest BCUT2D eigenvalue weighted by molar-refractivity contribution is 0.431. The van der Waals surface area contributed by atoms with E-state index < -0.39 is 5.82 Å². The van der Waals surface area contributed by atoms with Gasteiger partial charge in [0.1, 0.15) is 0 Å². The molecule has 7 heteroatoms. The average molecular weight is 383 g/mol. The molecule has 1 heterocycles. The van der Waals surface area contributed by atoms with E-state index in [0.29, 0.717) is 19.0 Å². The van der Waals surface area contributed by atoms with E-state index in [1.165, 1.54) is 12.1 Å². The molecule has 0 aliphatic carbocycles. The number of nitrogens with zero attached hydrogens (tertiary/aromatic N) is 3. The standard InChI is InChI=1S/C16H20BrFN4O/c1-19-16(20-8-11-4-5-15(23)14(18)6-11)22(3)10-13-7-12(17)9-21(13)2/h4-7,9,23H,8,10H2,1-3H3,(H,19,20). The van der Waals surface area contributed by atoms with Crippen LogP contribution >= 0.6 is 15.9 Å². The van der Waals surface area contributed by atoms with Crippen molar-refractivity contribution in [2.45, 2.75) is 13.1 Å². The highest BCUT2D eigenvalue weighted by molar-refractivity contribution is 9.10. The van der Waals surface area contributed by atoms with Crippen LogP contribution in [0, 0.1) is 5.82 Å². The van der Waals surface area contributed by atoms with Crippen molar-refractivity contribution in [1.29, 1.82) is 0 Å². The fourth-order valence-electron chi connectivity index (χ4n) is 2.27. The monoisotopic (exact) mass is 382 g/mol. The Hall–Kier alpha value is -2.02. The van der Waals surface area contributed by atoms with E-state index in [-0.39, 0.29) is 5.75 Å². The van der Waals surface area contributed by atoms with Crippen LogP contribution in [0.1, 0.15) is 11.3 Å². The Morgan fingerprint density at radius 1 is 1.43 bits per heavy atom. The van der Waals surface area contributed by atoms with E-state index in [2.05, 4.69) is 32.3 Å². The van der Waals surface area contributed by atoms with Gasteiger partial charge in [-0.25, -0.2) is 4.39 Å². The van der Waals surface area contributed by atoms with Crippen LogP contribution in [0.4, 0.5) is 4.39 Å². The summed E-state index contributed by atoms with van der Waals surface area (Å²) in [5.41, 5.74) is 1.87. The van der Waals surface area contributed by atoms with Crippen LogP contribution < -0.4 is 5.32 Å². The molecule has 2 rings (SSSR count). The number of hydrogen-bond donors (Lipinski definition) is 2. The summed E-state index contributed by atoms with van der Waals surface area (Å²) in [7, 11) is 5.63. The first-order valence-electron chi connectivity index (χ1n) is 7.10. The van der Waals surface area contributed by atoms with Gasteiger partial charge in [0, 0.05) is 44.1 Å². The molecule has 0 fully saturated rings. The smallest absolute Gasteiger partial charge is 0.194 e. The van der Waals surface area contributed by atoms with E-state index in [1.54, 1.807) is 13.1 Å². The van der Waals surface area contributed by atoms with Crippen molar-refractivity contribution in [3.63, 3.8) is 0 Å². The van der Waals surface area contributed by atoms with E-state index in [0.717, 1.165) is 15.7 Å². The van der Waals surface area contributed by atoms with E-state index in [1.807, 2.05) is 29.8 Å². The molecule has 1 aromatic heterocycles. The lowest BCUT2D eigenvalue weighted by Gasteiger charge is -2.22. The van der Waals surface area contributed by atoms with Gasteiger partial charge < -0.3 is 19.9 Å². The maximum absolute atomic E-state index is 13.4. The van der Waals surface area contributed by atoms with Gasteiger partial charge in [-0.2, -0.15) is 0 Å². The molecule has 0 atom stereocenters. The minimum absolute atomic E-state index is 0.343. The molecule has 0 amide bonds. The number of phenols is 1. The lowest BCUT2D eigenvalue weighted by atomic mass is 10.2. The summed E-state index contributed by atoms with van der Waals surface area (Å²) < 4.78 is 16.4. The molecule has 5 nitrogen and oxygen atoms in total. The van der Waals surface area contributed by atoms with Gasteiger partial charge >= 0.3 is 0 Å². The van der Waals surface area contributed by atoms with Gasteiger partial charge in [-0.15, -0.1) is 0 Å². The second-order valence-electron chi connectivity index (χ2n) is 5.30. The van der Waals surface area contributed by atoms with E-state index in [9.17, 15) is 9.50 Å². The van der Waals surface area contributed by atoms with Crippen LogP contribution in [0.25, 0.3) is 0 Å². The summed E-state index contributed by atoms with van der Waals surface area (Å²) in [6, 6.07) is 6.39. The Bertz CT molecular complexity index is 714. The van der Waals surface area contributed by atoms with Crippen molar-refractivity contribution < 1.29 is 9.50 Å². The molecule has 2 N–H and O–H groups in total. The number of aromatic nitrogens is 1. The number of hydrogen-bond acceptors (Lipinski definition) is 2. The molecule has 23 heavy (non-hydrogen) atoms. The number of aliphatic imine (C=N–C) groups is 1. The molecule has 0 unspecified atom stereocenters. The van der Waals surface area contributed by atoms with Crippen LogP contribution in [0.5, 0.6) is 5.75 Å². The summed E-state index contributed by atoms with van der Waals surface area (Å²) in [6.45, 7) is 1.11. The number of phenolic OH excluding ortho intramolecular Hbond substituents is 1. The normalized spacial score (nSPS) is 11.6. The average Bonchev–Trinajstić information content (AvgIpc) is 2.81. The molecular weight excluding hydrogens is 363 g/mol. The highest BCUT2D eigenvalue weighted by atomic mass is 79.9. The van der Waals surface area contributed by atoms with Crippen LogP contribution in [-0.2, 0) is 20.1 Å². The molecule has 2 aromatic rings. The molecule has 0 spiro atoms. The van der Waals surface area contributed by atoms with Crippen molar-refractivity contribution in [3.8, 4) is 5.75 Å². The fraction of sp³-hybridized carbons (Fsp3) is 0.312. The third-order valence-electron chi connectivity index (χ3n) is 3.51. The second-order valence-corrected chi connectivity index (χ2v) is 6.22. The number of halogens is 2. The van der Waals surface area contributed by atoms with Crippen molar-refractivity contribution in [2.75, 3.05) is 14.1 Å². The summed E-state index contributed by atoms with van der Waals surface area (Å²) in [5.74, 6) is -0.262. The number of nitrogens with one attached hydrogen (secondary N) is 1. The van der Waals surface area contributed by atoms with E-state index in [4.69, 9.17) is 0 Å². The predicted octanol–water partition coefficient (Wildman–Crippen LogP) is 2.84. The summed E-state index contributed by atoms with van der Waals surface area (Å²) in [5, 5.41) is 12.4. The highest BCUT2D eigenvalue weighted by Crippen LogP contribution is 2.17. The van der Waals surface area contributed by atoms with E-state index >= 15 is 0 Å². The van der Waals surface area contributed by atoms with Crippen molar-refractivity contribution in [3.05, 3.63) is 52.0 Å². The fourth-order valence-corrected chi connectivity index (χ4v) is 2.84. The Morgan fingerprint density at radius 2 is 2.17 bits per heavy atom. The molecule has 0 saturated carbocycles. The molecule has 0 aliphatic rings. The van der Waals surface area contributed by atoms with Gasteiger partial charge in [0.05, 0.1) is 6.54 Å². The van der Waals surface area contributed by atoms with Crippen molar-refractivity contribution in [1.82, 2.24) is 14.8 Å². The summed E-state index contributed by atoms with van der Waals surface area (Å²) >= 11 is 3.46. The maximum Gasteiger partial charge on any atom is 0.194 e. The number of rotatable bonds is 4. The SMILES string of the molecule is CN=C(NCc1ccc(O)c(F)c1)N(C)Cc1cc(Br)cn1C. The summed E-state index contributed by atoms with van der Waals surface area (Å²) in [4.78, 5) is 6.23. The molecular formula is C16H20BrFN4O. The Balaban J connectivity index is 1.99. The third kappa shape index (κ3) is 4.48. The zero-order valence-corrected chi connectivity index (χ0v) is 14.9. The zero-order chi connectivity index (χ0) is 17.0. The van der Waals surface area contributed by atoms with Crippen LogP contribution in [0.3, 0.4) is 0 Å². The molecule has 0 aliphatic heterocycles. The molecule has 0 radical (unpaired) electrons. The topological polar surface area (TPSA) is 52.8 Å².